The molecule has 1 aromatic carbocycles. The number of alkyl halides is 3. The van der Waals surface area contributed by atoms with Crippen molar-refractivity contribution in [2.45, 2.75) is 58.2 Å². The number of halogens is 3. The number of nitrogens with zero attached hydrogens (tertiary/aromatic N) is 4. The monoisotopic (exact) mass is 551 g/mol. The summed E-state index contributed by atoms with van der Waals surface area (Å²) in [6.07, 6.45) is 2.40. The molecule has 0 amide bonds. The fourth-order valence-electron chi connectivity index (χ4n) is 4.69. The molecule has 0 unspecified atom stereocenters. The number of nitrogens with one attached hydrogen (secondary N) is 1. The molecule has 0 radical (unpaired) electrons. The van der Waals surface area contributed by atoms with Crippen LogP contribution in [-0.4, -0.2) is 63.5 Å². The molecule has 2 aliphatic heterocycles. The van der Waals surface area contributed by atoms with Gasteiger partial charge < -0.3 is 14.9 Å². The van der Waals surface area contributed by atoms with Gasteiger partial charge in [0.1, 0.15) is 4.88 Å². The van der Waals surface area contributed by atoms with Crippen LogP contribution in [0.25, 0.3) is 22.2 Å². The van der Waals surface area contributed by atoms with Crippen molar-refractivity contribution in [3.8, 4) is 22.2 Å². The van der Waals surface area contributed by atoms with E-state index in [1.165, 1.54) is 55.8 Å². The topological polar surface area (TPSA) is 104 Å². The molecule has 12 heteroatoms. The summed E-state index contributed by atoms with van der Waals surface area (Å²) in [6.45, 7) is 7.66. The number of aryl methyl sites for hydroxylation is 1. The number of benzene rings is 1. The molecular weight excluding hydrogens is 519 g/mol. The second-order valence-electron chi connectivity index (χ2n) is 9.68. The van der Waals surface area contributed by atoms with Crippen molar-refractivity contribution in [2.75, 3.05) is 26.2 Å². The van der Waals surface area contributed by atoms with E-state index in [0.29, 0.717) is 11.7 Å². The zero-order valence-corrected chi connectivity index (χ0v) is 22.1. The first kappa shape index (κ1) is 28.2. The van der Waals surface area contributed by atoms with Crippen molar-refractivity contribution in [3.63, 3.8) is 0 Å². The van der Waals surface area contributed by atoms with Crippen molar-refractivity contribution in [2.24, 2.45) is 5.92 Å². The number of thiazole rings is 1. The second kappa shape index (κ2) is 12.8. The van der Waals surface area contributed by atoms with Crippen LogP contribution < -0.4 is 5.32 Å². The molecule has 3 aromatic rings. The molecule has 2 aromatic heterocycles. The lowest BCUT2D eigenvalue weighted by Gasteiger charge is -2.26. The highest BCUT2D eigenvalue weighted by Gasteiger charge is 2.38. The van der Waals surface area contributed by atoms with Gasteiger partial charge >= 0.3 is 12.1 Å². The number of aliphatic carboxylic acids is 1. The predicted molar refractivity (Wildman–Crippen MR) is 138 cm³/mol. The average Bonchev–Trinajstić information content (AvgIpc) is 3.52. The van der Waals surface area contributed by atoms with Crippen LogP contribution in [0.15, 0.2) is 28.8 Å². The van der Waals surface area contributed by atoms with Crippen LogP contribution in [-0.2, 0) is 17.8 Å². The Labute approximate surface area is 223 Å². The highest BCUT2D eigenvalue weighted by Crippen LogP contribution is 2.32. The van der Waals surface area contributed by atoms with Crippen LogP contribution >= 0.6 is 11.3 Å². The zero-order valence-electron chi connectivity index (χ0n) is 21.3. The number of hydrogen-bond donors (Lipinski definition) is 2. The Hall–Kier alpha value is -2.83. The summed E-state index contributed by atoms with van der Waals surface area (Å²) in [7, 11) is 0. The first-order valence-electron chi connectivity index (χ1n) is 12.8. The molecular formula is C26H32F3N5O3S. The first-order chi connectivity index (χ1) is 18.2. The van der Waals surface area contributed by atoms with Gasteiger partial charge in [-0.2, -0.15) is 18.2 Å². The highest BCUT2D eigenvalue weighted by atomic mass is 32.1. The summed E-state index contributed by atoms with van der Waals surface area (Å²) in [5.74, 6) is -0.792. The van der Waals surface area contributed by atoms with Gasteiger partial charge in [-0.3, -0.25) is 4.90 Å². The van der Waals surface area contributed by atoms with Gasteiger partial charge in [-0.05, 0) is 76.3 Å². The average molecular weight is 552 g/mol. The Balaban J connectivity index is 0.000000426. The summed E-state index contributed by atoms with van der Waals surface area (Å²) < 4.78 is 37.4. The van der Waals surface area contributed by atoms with Gasteiger partial charge in [0.15, 0.2) is 0 Å². The number of aromatic nitrogens is 3. The molecule has 2 fully saturated rings. The zero-order chi connectivity index (χ0) is 27.1. The molecule has 38 heavy (non-hydrogen) atoms. The quantitative estimate of drug-likeness (QED) is 0.424. The van der Waals surface area contributed by atoms with Gasteiger partial charge in [-0.15, -0.1) is 11.3 Å². The highest BCUT2D eigenvalue weighted by molar-refractivity contribution is 7.15. The third-order valence-electron chi connectivity index (χ3n) is 6.67. The number of carbonyl (C=O) groups is 1. The standard InChI is InChI=1S/C24H31N5OS.C2HF3O2/c1-17-22(31-21(26-17)15-18-8-10-25-11-9-18)24-27-23(28-30-24)20-7-5-6-19(14-20)16-29-12-3-2-4-13-29;3-2(4,5)1(6)7/h5-7,14,18,25H,2-4,8-13,15-16H2,1H3;(H,6,7). The predicted octanol–water partition coefficient (Wildman–Crippen LogP) is 5.33. The Morgan fingerprint density at radius 3 is 2.58 bits per heavy atom. The molecule has 206 valence electrons. The van der Waals surface area contributed by atoms with Crippen LogP contribution in [0.5, 0.6) is 0 Å². The lowest BCUT2D eigenvalue weighted by Crippen LogP contribution is -2.29. The Kier molecular flexibility index (Phi) is 9.50. The molecule has 0 bridgehead atoms. The summed E-state index contributed by atoms with van der Waals surface area (Å²) in [6, 6.07) is 8.56. The van der Waals surface area contributed by atoms with Gasteiger partial charge in [0.2, 0.25) is 5.82 Å². The Morgan fingerprint density at radius 2 is 1.89 bits per heavy atom. The molecule has 2 N–H and O–H groups in total. The minimum atomic E-state index is -5.08. The van der Waals surface area contributed by atoms with E-state index in [1.54, 1.807) is 11.3 Å². The largest absolute Gasteiger partial charge is 0.490 e. The van der Waals surface area contributed by atoms with E-state index in [0.717, 1.165) is 48.1 Å². The van der Waals surface area contributed by atoms with Gasteiger partial charge in [0.05, 0.1) is 10.7 Å². The third-order valence-corrected chi connectivity index (χ3v) is 7.83. The molecule has 0 saturated carbocycles. The fourth-order valence-corrected chi connectivity index (χ4v) is 5.79. The van der Waals surface area contributed by atoms with Crippen molar-refractivity contribution in [1.29, 1.82) is 0 Å². The number of likely N-dealkylation sites (tertiary alicyclic amines) is 1. The normalized spacial score (nSPS) is 17.2. The minimum absolute atomic E-state index is 0.586. The lowest BCUT2D eigenvalue weighted by molar-refractivity contribution is -0.192. The first-order valence-corrected chi connectivity index (χ1v) is 13.6. The fraction of sp³-hybridized carbons (Fsp3) is 0.538. The van der Waals surface area contributed by atoms with E-state index in [9.17, 15) is 13.2 Å². The molecule has 0 aliphatic carbocycles. The number of rotatable bonds is 6. The Morgan fingerprint density at radius 1 is 1.18 bits per heavy atom. The number of hydrogen-bond acceptors (Lipinski definition) is 8. The van der Waals surface area contributed by atoms with E-state index in [1.807, 2.05) is 6.92 Å². The molecule has 4 heterocycles. The molecule has 0 spiro atoms. The van der Waals surface area contributed by atoms with E-state index in [2.05, 4.69) is 39.6 Å². The summed E-state index contributed by atoms with van der Waals surface area (Å²) in [4.78, 5) is 22.0. The van der Waals surface area contributed by atoms with Gasteiger partial charge in [-0.1, -0.05) is 29.8 Å². The lowest BCUT2D eigenvalue weighted by atomic mass is 9.95. The van der Waals surface area contributed by atoms with E-state index >= 15 is 0 Å². The minimum Gasteiger partial charge on any atom is -0.475 e. The maximum absolute atomic E-state index is 10.6. The van der Waals surface area contributed by atoms with Crippen LogP contribution in [0.2, 0.25) is 0 Å². The third kappa shape index (κ3) is 7.84. The summed E-state index contributed by atoms with van der Waals surface area (Å²) in [5, 5.41) is 16.0. The second-order valence-corrected chi connectivity index (χ2v) is 10.8. The summed E-state index contributed by atoms with van der Waals surface area (Å²) in [5.41, 5.74) is 3.31. The van der Waals surface area contributed by atoms with Crippen LogP contribution in [0.4, 0.5) is 13.2 Å². The number of carboxylic acid groups (broad SMARTS) is 1. The van der Waals surface area contributed by atoms with Crippen molar-refractivity contribution >= 4 is 17.3 Å². The van der Waals surface area contributed by atoms with Crippen LogP contribution in [0, 0.1) is 12.8 Å². The van der Waals surface area contributed by atoms with Crippen molar-refractivity contribution in [3.05, 3.63) is 40.5 Å². The maximum atomic E-state index is 10.6. The summed E-state index contributed by atoms with van der Waals surface area (Å²) >= 11 is 1.71. The smallest absolute Gasteiger partial charge is 0.475 e. The van der Waals surface area contributed by atoms with Gasteiger partial charge in [0, 0.05) is 18.5 Å². The van der Waals surface area contributed by atoms with Gasteiger partial charge in [-0.25, -0.2) is 9.78 Å². The number of piperidine rings is 2. The molecule has 8 nitrogen and oxygen atoms in total. The van der Waals surface area contributed by atoms with Gasteiger partial charge in [0.25, 0.3) is 5.89 Å². The van der Waals surface area contributed by atoms with E-state index in [4.69, 9.17) is 24.4 Å². The van der Waals surface area contributed by atoms with E-state index < -0.39 is 12.1 Å². The molecule has 2 saturated heterocycles. The Bertz CT molecular complexity index is 1200. The molecule has 5 rings (SSSR count). The molecule has 0 atom stereocenters. The number of carboxylic acids is 1. The molecule has 2 aliphatic rings. The van der Waals surface area contributed by atoms with Crippen LogP contribution in [0.3, 0.4) is 0 Å². The van der Waals surface area contributed by atoms with Crippen molar-refractivity contribution < 1.29 is 27.6 Å². The van der Waals surface area contributed by atoms with Crippen LogP contribution in [0.1, 0.15) is 48.4 Å². The van der Waals surface area contributed by atoms with Crippen molar-refractivity contribution in [1.82, 2.24) is 25.3 Å². The maximum Gasteiger partial charge on any atom is 0.490 e. The van der Waals surface area contributed by atoms with E-state index in [-0.39, 0.29) is 0 Å². The SMILES string of the molecule is Cc1nc(CC2CCNCC2)sc1-c1nc(-c2cccc(CN3CCCCC3)c2)no1.O=C(O)C(F)(F)F.